The van der Waals surface area contributed by atoms with Gasteiger partial charge in [-0.15, -0.1) is 12.1 Å². The first-order chi connectivity index (χ1) is 6.75. The molecule has 0 unspecified atom stereocenters. The van der Waals surface area contributed by atoms with Gasteiger partial charge in [-0.25, -0.2) is 0 Å². The summed E-state index contributed by atoms with van der Waals surface area (Å²) in [5, 5.41) is 10.6. The number of rotatable bonds is 0. The molecule has 16 heavy (non-hydrogen) atoms. The molecule has 0 radical (unpaired) electrons. The molecule has 0 bridgehead atoms. The third-order valence-electron chi connectivity index (χ3n) is 1.57. The molecule has 0 saturated carbocycles. The molecule has 1 aromatic rings. The molecular weight excluding hydrogens is 277 g/mol. The third kappa shape index (κ3) is 7.72. The monoisotopic (exact) mass is 290 g/mol. The summed E-state index contributed by atoms with van der Waals surface area (Å²) in [7, 11) is 0. The van der Waals surface area contributed by atoms with Crippen molar-refractivity contribution in [2.45, 2.75) is 20.8 Å². The minimum Gasteiger partial charge on any atom is -0.550 e. The number of carboxylic acid groups (broad SMARTS) is 1. The molecule has 84 valence electrons. The van der Waals surface area contributed by atoms with Crippen LogP contribution in [0.4, 0.5) is 0 Å². The third-order valence-corrected chi connectivity index (χ3v) is 1.94. The Labute approximate surface area is 115 Å². The van der Waals surface area contributed by atoms with E-state index in [1.54, 1.807) is 20.8 Å². The first kappa shape index (κ1) is 17.9. The molecule has 0 fully saturated rings. The Bertz CT molecular complexity index is 311. The number of carbonyl (C=O) groups excluding carboxylic acids is 1. The van der Waals surface area contributed by atoms with Crippen molar-refractivity contribution >= 4 is 17.6 Å². The van der Waals surface area contributed by atoms with Gasteiger partial charge in [0.1, 0.15) is 0 Å². The van der Waals surface area contributed by atoms with Crippen LogP contribution in [-0.4, -0.2) is 5.97 Å². The molecule has 4 heteroatoms. The SMILES string of the molecule is CC(C)(C)C(=O)[O-].[CH2-]c1ccccc1Cl.[Zn+2]. The van der Waals surface area contributed by atoms with E-state index in [4.69, 9.17) is 11.6 Å². The molecule has 0 aliphatic carbocycles. The van der Waals surface area contributed by atoms with Gasteiger partial charge in [0.05, 0.1) is 0 Å². The maximum Gasteiger partial charge on any atom is 2.00 e. The van der Waals surface area contributed by atoms with Crippen LogP contribution in [0.2, 0.25) is 5.02 Å². The Morgan fingerprint density at radius 3 is 1.88 bits per heavy atom. The van der Waals surface area contributed by atoms with Gasteiger partial charge in [0, 0.05) is 11.4 Å². The van der Waals surface area contributed by atoms with E-state index in [0.717, 1.165) is 10.6 Å². The van der Waals surface area contributed by atoms with Gasteiger partial charge in [0.2, 0.25) is 0 Å². The Balaban J connectivity index is 0. The van der Waals surface area contributed by atoms with E-state index in [1.165, 1.54) is 0 Å². The van der Waals surface area contributed by atoms with Crippen molar-refractivity contribution in [2.75, 3.05) is 0 Å². The molecule has 1 aromatic carbocycles. The van der Waals surface area contributed by atoms with Crippen LogP contribution in [0, 0.1) is 12.3 Å². The average Bonchev–Trinajstić information content (AvgIpc) is 2.09. The molecule has 0 atom stereocenters. The van der Waals surface area contributed by atoms with Crippen LogP contribution in [-0.2, 0) is 24.3 Å². The molecule has 0 N–H and O–H groups in total. The van der Waals surface area contributed by atoms with Crippen LogP contribution in [0.1, 0.15) is 26.3 Å². The molecule has 2 nitrogen and oxygen atoms in total. The van der Waals surface area contributed by atoms with Crippen LogP contribution in [0.3, 0.4) is 0 Å². The fourth-order valence-corrected chi connectivity index (χ4v) is 0.634. The zero-order valence-corrected chi connectivity index (χ0v) is 13.6. The average molecular weight is 292 g/mol. The minimum absolute atomic E-state index is 0. The maximum absolute atomic E-state index is 9.91. The number of halogens is 1. The quantitative estimate of drug-likeness (QED) is 0.544. The summed E-state index contributed by atoms with van der Waals surface area (Å²) in [4.78, 5) is 9.91. The van der Waals surface area contributed by atoms with Crippen molar-refractivity contribution in [3.63, 3.8) is 0 Å². The largest absolute Gasteiger partial charge is 2.00 e. The Morgan fingerprint density at radius 1 is 1.31 bits per heavy atom. The van der Waals surface area contributed by atoms with Gasteiger partial charge in [-0.1, -0.05) is 31.9 Å². The van der Waals surface area contributed by atoms with E-state index in [9.17, 15) is 9.90 Å². The van der Waals surface area contributed by atoms with E-state index in [-0.39, 0.29) is 19.5 Å². The molecular formula is C12H15ClO2Zn. The van der Waals surface area contributed by atoms with Gasteiger partial charge in [-0.2, -0.15) is 30.2 Å². The van der Waals surface area contributed by atoms with Gasteiger partial charge in [-0.05, 0) is 0 Å². The first-order valence-electron chi connectivity index (χ1n) is 4.53. The van der Waals surface area contributed by atoms with E-state index in [0.29, 0.717) is 0 Å². The first-order valence-corrected chi connectivity index (χ1v) is 4.91. The van der Waals surface area contributed by atoms with Crippen LogP contribution in [0.5, 0.6) is 0 Å². The summed E-state index contributed by atoms with van der Waals surface area (Å²) in [6, 6.07) is 7.50. The van der Waals surface area contributed by atoms with Crippen LogP contribution < -0.4 is 5.11 Å². The maximum atomic E-state index is 9.91. The smallest absolute Gasteiger partial charge is 0.550 e. The minimum atomic E-state index is -1.01. The molecule has 0 spiro atoms. The van der Waals surface area contributed by atoms with E-state index < -0.39 is 11.4 Å². The van der Waals surface area contributed by atoms with Crippen molar-refractivity contribution in [1.82, 2.24) is 0 Å². The van der Waals surface area contributed by atoms with Gasteiger partial charge < -0.3 is 9.90 Å². The molecule has 1 rings (SSSR count). The number of hydrogen-bond donors (Lipinski definition) is 0. The van der Waals surface area contributed by atoms with Crippen LogP contribution in [0.25, 0.3) is 0 Å². The second-order valence-electron chi connectivity index (χ2n) is 4.13. The Morgan fingerprint density at radius 2 is 1.69 bits per heavy atom. The normalized spacial score (nSPS) is 9.50. The van der Waals surface area contributed by atoms with Crippen molar-refractivity contribution in [3.8, 4) is 0 Å². The predicted molar refractivity (Wildman–Crippen MR) is 60.4 cm³/mol. The summed E-state index contributed by atoms with van der Waals surface area (Å²) in [5.41, 5.74) is 0.189. The second kappa shape index (κ2) is 7.70. The zero-order chi connectivity index (χ0) is 12.1. The molecule has 0 aliphatic heterocycles. The summed E-state index contributed by atoms with van der Waals surface area (Å²) in [6.45, 7) is 8.49. The summed E-state index contributed by atoms with van der Waals surface area (Å²) in [6.07, 6.45) is 0. The molecule has 0 amide bonds. The summed E-state index contributed by atoms with van der Waals surface area (Å²) < 4.78 is 0. The Hall–Kier alpha value is -0.527. The number of carboxylic acids is 1. The zero-order valence-electron chi connectivity index (χ0n) is 9.92. The van der Waals surface area contributed by atoms with Gasteiger partial charge >= 0.3 is 19.5 Å². The number of aliphatic carboxylic acids is 1. The second-order valence-corrected chi connectivity index (χ2v) is 4.54. The van der Waals surface area contributed by atoms with E-state index >= 15 is 0 Å². The van der Waals surface area contributed by atoms with Gasteiger partial charge in [-0.3, -0.25) is 0 Å². The summed E-state index contributed by atoms with van der Waals surface area (Å²) >= 11 is 5.65. The van der Waals surface area contributed by atoms with Crippen molar-refractivity contribution in [1.29, 1.82) is 0 Å². The fourth-order valence-electron chi connectivity index (χ4n) is 0.498. The van der Waals surface area contributed by atoms with Gasteiger partial charge in [0.15, 0.2) is 0 Å². The number of hydrogen-bond acceptors (Lipinski definition) is 2. The van der Waals surface area contributed by atoms with Crippen molar-refractivity contribution < 1.29 is 29.4 Å². The molecule has 0 saturated heterocycles. The van der Waals surface area contributed by atoms with Crippen molar-refractivity contribution in [3.05, 3.63) is 41.8 Å². The predicted octanol–water partition coefficient (Wildman–Crippen LogP) is 2.30. The van der Waals surface area contributed by atoms with E-state index in [2.05, 4.69) is 6.92 Å². The van der Waals surface area contributed by atoms with Crippen LogP contribution >= 0.6 is 11.6 Å². The molecule has 0 heterocycles. The number of carbonyl (C=O) groups is 1. The van der Waals surface area contributed by atoms with E-state index in [1.807, 2.05) is 24.3 Å². The Kier molecular flexibility index (Phi) is 8.59. The van der Waals surface area contributed by atoms with Crippen LogP contribution in [0.15, 0.2) is 24.3 Å². The standard InChI is InChI=1S/C7H6Cl.C5H10O2.Zn/c1-6-4-2-3-5-7(6)8;1-5(2,3)4(6)7;/h2-5H,1H2;1-3H3,(H,6,7);/q-1;;+2/p-1. The molecule has 0 aliphatic rings. The topological polar surface area (TPSA) is 40.1 Å². The summed E-state index contributed by atoms with van der Waals surface area (Å²) in [5.74, 6) is -1.01. The number of benzene rings is 1. The van der Waals surface area contributed by atoms with Gasteiger partial charge in [0.25, 0.3) is 0 Å². The fraction of sp³-hybridized carbons (Fsp3) is 0.333. The van der Waals surface area contributed by atoms with Crippen molar-refractivity contribution in [2.24, 2.45) is 5.41 Å². The molecule has 0 aromatic heterocycles.